The molecule has 3 rings (SSSR count). The summed E-state index contributed by atoms with van der Waals surface area (Å²) < 4.78 is 0. The minimum absolute atomic E-state index is 0.0279. The number of pyridine rings is 1. The van der Waals surface area contributed by atoms with Gasteiger partial charge in [-0.15, -0.1) is 0 Å². The normalized spacial score (nSPS) is 23.1. The lowest BCUT2D eigenvalue weighted by Crippen LogP contribution is -2.45. The number of rotatable bonds is 2. The van der Waals surface area contributed by atoms with Gasteiger partial charge in [-0.05, 0) is 57.4 Å². The van der Waals surface area contributed by atoms with E-state index in [1.807, 2.05) is 12.3 Å². The Morgan fingerprint density at radius 3 is 2.95 bits per heavy atom. The van der Waals surface area contributed by atoms with E-state index in [0.717, 1.165) is 30.5 Å². The van der Waals surface area contributed by atoms with Crippen LogP contribution < -0.4 is 5.73 Å². The molecule has 1 aromatic carbocycles. The number of nitrogens with two attached hydrogens (primary N) is 1. The summed E-state index contributed by atoms with van der Waals surface area (Å²) in [6.07, 6.45) is 3.04. The Morgan fingerprint density at radius 1 is 1.24 bits per heavy atom. The molecular weight excluding hydrogens is 260 g/mol. The van der Waals surface area contributed by atoms with Crippen LogP contribution in [0, 0.1) is 0 Å². The Morgan fingerprint density at radius 2 is 2.10 bits per heavy atom. The zero-order valence-corrected chi connectivity index (χ0v) is 12.9. The average molecular weight is 284 g/mol. The fraction of sp³-hybridized carbons (Fsp3) is 0.471. The Balaban J connectivity index is 1.89. The van der Waals surface area contributed by atoms with Gasteiger partial charge in [0, 0.05) is 30.2 Å². The molecule has 21 heavy (non-hydrogen) atoms. The summed E-state index contributed by atoms with van der Waals surface area (Å²) in [6, 6.07) is 10.8. The number of nitrogens with zero attached hydrogens (tertiary/aromatic N) is 3. The zero-order valence-electron chi connectivity index (χ0n) is 12.9. The van der Waals surface area contributed by atoms with Crippen LogP contribution in [0.25, 0.3) is 10.9 Å². The summed E-state index contributed by atoms with van der Waals surface area (Å²) >= 11 is 0. The number of likely N-dealkylation sites (N-methyl/N-ethyl adjacent to an activating group) is 2. The Hall–Kier alpha value is -1.49. The van der Waals surface area contributed by atoms with Crippen molar-refractivity contribution in [2.24, 2.45) is 5.73 Å². The summed E-state index contributed by atoms with van der Waals surface area (Å²) in [4.78, 5) is 9.17. The maximum Gasteiger partial charge on any atom is 0.0702 e. The van der Waals surface area contributed by atoms with Crippen LogP contribution in [0.3, 0.4) is 0 Å². The maximum atomic E-state index is 6.59. The van der Waals surface area contributed by atoms with E-state index in [1.54, 1.807) is 0 Å². The smallest absolute Gasteiger partial charge is 0.0702 e. The Labute approximate surface area is 126 Å². The fourth-order valence-corrected chi connectivity index (χ4v) is 3.22. The molecule has 2 N–H and O–H groups in total. The third-order valence-corrected chi connectivity index (χ3v) is 4.54. The standard InChI is InChI=1S/C17H24N4/c1-20-9-4-10-21(2)16(12-20)17(18)14-6-7-15-13(11-14)5-3-8-19-15/h3,5-8,11,16-17H,4,9-10,12,18H2,1-2H3. The first kappa shape index (κ1) is 14.4. The van der Waals surface area contributed by atoms with Crippen LogP contribution in [-0.2, 0) is 0 Å². The van der Waals surface area contributed by atoms with E-state index in [2.05, 4.69) is 53.1 Å². The molecule has 4 heteroatoms. The van der Waals surface area contributed by atoms with Crippen molar-refractivity contribution in [3.05, 3.63) is 42.1 Å². The molecule has 1 aliphatic rings. The lowest BCUT2D eigenvalue weighted by molar-refractivity contribution is 0.196. The monoisotopic (exact) mass is 284 g/mol. The molecule has 1 saturated heterocycles. The van der Waals surface area contributed by atoms with Crippen molar-refractivity contribution in [3.8, 4) is 0 Å². The van der Waals surface area contributed by atoms with E-state index in [0.29, 0.717) is 6.04 Å². The third-order valence-electron chi connectivity index (χ3n) is 4.54. The first-order valence-electron chi connectivity index (χ1n) is 7.64. The third kappa shape index (κ3) is 3.07. The highest BCUT2D eigenvalue weighted by atomic mass is 15.2. The molecule has 0 spiro atoms. The van der Waals surface area contributed by atoms with Gasteiger partial charge in [-0.1, -0.05) is 12.1 Å². The Bertz CT molecular complexity index is 613. The van der Waals surface area contributed by atoms with Gasteiger partial charge in [0.05, 0.1) is 5.52 Å². The highest BCUT2D eigenvalue weighted by Crippen LogP contribution is 2.23. The van der Waals surface area contributed by atoms with Gasteiger partial charge in [-0.2, -0.15) is 0 Å². The molecule has 2 heterocycles. The second-order valence-corrected chi connectivity index (χ2v) is 6.15. The van der Waals surface area contributed by atoms with Crippen LogP contribution in [-0.4, -0.2) is 54.6 Å². The molecule has 1 aliphatic heterocycles. The molecule has 0 saturated carbocycles. The van der Waals surface area contributed by atoms with E-state index < -0.39 is 0 Å². The second kappa shape index (κ2) is 6.10. The molecule has 2 atom stereocenters. The van der Waals surface area contributed by atoms with Crippen LogP contribution in [0.15, 0.2) is 36.5 Å². The van der Waals surface area contributed by atoms with Crippen molar-refractivity contribution in [1.29, 1.82) is 0 Å². The van der Waals surface area contributed by atoms with Crippen molar-refractivity contribution in [3.63, 3.8) is 0 Å². The maximum absolute atomic E-state index is 6.59. The summed E-state index contributed by atoms with van der Waals surface area (Å²) in [5.41, 5.74) is 8.82. The highest BCUT2D eigenvalue weighted by Gasteiger charge is 2.27. The van der Waals surface area contributed by atoms with Gasteiger partial charge in [0.1, 0.15) is 0 Å². The van der Waals surface area contributed by atoms with Crippen LogP contribution in [0.2, 0.25) is 0 Å². The van der Waals surface area contributed by atoms with Crippen LogP contribution in [0.4, 0.5) is 0 Å². The van der Waals surface area contributed by atoms with Crippen LogP contribution >= 0.6 is 0 Å². The van der Waals surface area contributed by atoms with Gasteiger partial charge >= 0.3 is 0 Å². The van der Waals surface area contributed by atoms with E-state index in [-0.39, 0.29) is 6.04 Å². The molecule has 112 valence electrons. The van der Waals surface area contributed by atoms with E-state index in [1.165, 1.54) is 12.0 Å². The molecule has 0 bridgehead atoms. The second-order valence-electron chi connectivity index (χ2n) is 6.15. The van der Waals surface area contributed by atoms with Crippen LogP contribution in [0.1, 0.15) is 18.0 Å². The van der Waals surface area contributed by atoms with Crippen molar-refractivity contribution in [2.75, 3.05) is 33.7 Å². The quantitative estimate of drug-likeness (QED) is 0.914. The van der Waals surface area contributed by atoms with Crippen molar-refractivity contribution < 1.29 is 0 Å². The number of aromatic nitrogens is 1. The van der Waals surface area contributed by atoms with Gasteiger partial charge in [0.2, 0.25) is 0 Å². The van der Waals surface area contributed by atoms with Crippen LogP contribution in [0.5, 0.6) is 0 Å². The molecule has 4 nitrogen and oxygen atoms in total. The number of hydrogen-bond acceptors (Lipinski definition) is 4. The van der Waals surface area contributed by atoms with E-state index >= 15 is 0 Å². The van der Waals surface area contributed by atoms with Gasteiger partial charge in [0.15, 0.2) is 0 Å². The number of hydrogen-bond donors (Lipinski definition) is 1. The molecular formula is C17H24N4. The average Bonchev–Trinajstić information content (AvgIpc) is 2.67. The molecule has 0 aliphatic carbocycles. The van der Waals surface area contributed by atoms with Gasteiger partial charge in [-0.25, -0.2) is 0 Å². The first-order chi connectivity index (χ1) is 10.1. The number of benzene rings is 1. The van der Waals surface area contributed by atoms with Crippen molar-refractivity contribution in [2.45, 2.75) is 18.5 Å². The largest absolute Gasteiger partial charge is 0.323 e. The predicted octanol–water partition coefficient (Wildman–Crippen LogP) is 1.87. The van der Waals surface area contributed by atoms with Crippen molar-refractivity contribution >= 4 is 10.9 Å². The highest BCUT2D eigenvalue weighted by molar-refractivity contribution is 5.79. The van der Waals surface area contributed by atoms with Gasteiger partial charge < -0.3 is 15.5 Å². The molecule has 1 fully saturated rings. The molecule has 2 unspecified atom stereocenters. The lowest BCUT2D eigenvalue weighted by Gasteiger charge is -2.32. The van der Waals surface area contributed by atoms with Crippen molar-refractivity contribution in [1.82, 2.24) is 14.8 Å². The zero-order chi connectivity index (χ0) is 14.8. The lowest BCUT2D eigenvalue weighted by atomic mass is 9.97. The molecule has 0 radical (unpaired) electrons. The van der Waals surface area contributed by atoms with E-state index in [4.69, 9.17) is 5.73 Å². The predicted molar refractivity (Wildman–Crippen MR) is 87.2 cm³/mol. The molecule has 0 amide bonds. The fourth-order valence-electron chi connectivity index (χ4n) is 3.22. The summed E-state index contributed by atoms with van der Waals surface area (Å²) in [5.74, 6) is 0. The van der Waals surface area contributed by atoms with Gasteiger partial charge in [-0.3, -0.25) is 4.98 Å². The minimum Gasteiger partial charge on any atom is -0.323 e. The summed E-state index contributed by atoms with van der Waals surface area (Å²) in [6.45, 7) is 3.27. The minimum atomic E-state index is 0.0279. The SMILES string of the molecule is CN1CCCN(C)C(C(N)c2ccc3ncccc3c2)C1. The topological polar surface area (TPSA) is 45.4 Å². The van der Waals surface area contributed by atoms with E-state index in [9.17, 15) is 0 Å². The molecule has 1 aromatic heterocycles. The Kier molecular flexibility index (Phi) is 4.19. The first-order valence-corrected chi connectivity index (χ1v) is 7.64. The number of fused-ring (bicyclic) bond motifs is 1. The summed E-state index contributed by atoms with van der Waals surface area (Å²) in [5, 5.41) is 1.16. The summed E-state index contributed by atoms with van der Waals surface area (Å²) in [7, 11) is 4.37. The molecule has 2 aromatic rings. The van der Waals surface area contributed by atoms with Gasteiger partial charge in [0.25, 0.3) is 0 Å².